The van der Waals surface area contributed by atoms with Gasteiger partial charge in [-0.15, -0.1) is 0 Å². The number of allylic oxidation sites excluding steroid dienone is 6. The average molecular weight is 159 g/mol. The van der Waals surface area contributed by atoms with Gasteiger partial charge in [0.1, 0.15) is 0 Å². The lowest BCUT2D eigenvalue weighted by molar-refractivity contribution is 1.53. The van der Waals surface area contributed by atoms with Gasteiger partial charge >= 0.3 is 0 Å². The molecule has 0 aromatic carbocycles. The SMILES string of the molecule is C=C/C=C\C(=C)C(=C)/C=C\N=C. The molecule has 0 radical (unpaired) electrons. The number of aliphatic imine (C=N–C) groups is 1. The average Bonchev–Trinajstić information content (AvgIpc) is 2.10. The summed E-state index contributed by atoms with van der Waals surface area (Å²) in [5, 5.41) is 0. The lowest BCUT2D eigenvalue weighted by atomic mass is 10.1. The predicted octanol–water partition coefficient (Wildman–Crippen LogP) is 3.06. The smallest absolute Gasteiger partial charge is 0.0266 e. The molecule has 0 spiro atoms. The molecule has 0 heterocycles. The van der Waals surface area contributed by atoms with E-state index < -0.39 is 0 Å². The van der Waals surface area contributed by atoms with E-state index in [9.17, 15) is 0 Å². The number of nitrogens with zero attached hydrogens (tertiary/aromatic N) is 1. The Morgan fingerprint density at radius 3 is 2.17 bits per heavy atom. The Hall–Kier alpha value is -1.63. The first-order valence-corrected chi connectivity index (χ1v) is 3.52. The quantitative estimate of drug-likeness (QED) is 0.432. The Balaban J connectivity index is 4.20. The van der Waals surface area contributed by atoms with Gasteiger partial charge in [-0.05, 0) is 23.9 Å². The molecule has 1 nitrogen and oxygen atoms in total. The van der Waals surface area contributed by atoms with Crippen LogP contribution in [0, 0.1) is 0 Å². The second kappa shape index (κ2) is 6.10. The van der Waals surface area contributed by atoms with Crippen LogP contribution in [0.4, 0.5) is 0 Å². The van der Waals surface area contributed by atoms with E-state index in [4.69, 9.17) is 0 Å². The minimum absolute atomic E-state index is 0.820. The molecule has 0 aliphatic rings. The van der Waals surface area contributed by atoms with Gasteiger partial charge in [-0.2, -0.15) is 0 Å². The summed E-state index contributed by atoms with van der Waals surface area (Å²) >= 11 is 0. The summed E-state index contributed by atoms with van der Waals surface area (Å²) in [5.41, 5.74) is 1.66. The van der Waals surface area contributed by atoms with Crippen molar-refractivity contribution in [3.63, 3.8) is 0 Å². The van der Waals surface area contributed by atoms with E-state index in [1.807, 2.05) is 12.2 Å². The normalized spacial score (nSPS) is 10.3. The molecule has 0 saturated carbocycles. The highest BCUT2D eigenvalue weighted by Crippen LogP contribution is 2.07. The Bertz CT molecular complexity index is 226. The molecule has 1 heteroatoms. The van der Waals surface area contributed by atoms with E-state index in [0.717, 1.165) is 11.1 Å². The molecule has 0 fully saturated rings. The van der Waals surface area contributed by atoms with Gasteiger partial charge in [0.15, 0.2) is 0 Å². The van der Waals surface area contributed by atoms with Gasteiger partial charge in [-0.3, -0.25) is 4.99 Å². The second-order valence-electron chi connectivity index (χ2n) is 2.14. The third-order valence-corrected chi connectivity index (χ3v) is 1.23. The zero-order chi connectivity index (χ0) is 9.40. The molecule has 12 heavy (non-hydrogen) atoms. The van der Waals surface area contributed by atoms with Crippen molar-refractivity contribution in [2.75, 3.05) is 0 Å². The standard InChI is InChI=1S/C11H13N/c1-5-6-7-10(2)11(3)8-9-12-4/h5-9H,1-4H2/b7-6-,9-8-. The predicted molar refractivity (Wildman–Crippen MR) is 56.3 cm³/mol. The van der Waals surface area contributed by atoms with E-state index in [0.29, 0.717) is 0 Å². The van der Waals surface area contributed by atoms with Crippen molar-refractivity contribution in [2.45, 2.75) is 0 Å². The Kier molecular flexibility index (Phi) is 5.28. The molecular weight excluding hydrogens is 146 g/mol. The Morgan fingerprint density at radius 1 is 1.08 bits per heavy atom. The molecule has 0 amide bonds. The maximum absolute atomic E-state index is 3.80. The molecule has 0 aliphatic heterocycles. The van der Waals surface area contributed by atoms with E-state index in [1.165, 1.54) is 0 Å². The first-order valence-electron chi connectivity index (χ1n) is 3.52. The molecule has 62 valence electrons. The summed E-state index contributed by atoms with van der Waals surface area (Å²) < 4.78 is 0. The van der Waals surface area contributed by atoms with Gasteiger partial charge in [-0.25, -0.2) is 0 Å². The van der Waals surface area contributed by atoms with Gasteiger partial charge in [0.2, 0.25) is 0 Å². The molecule has 0 atom stereocenters. The van der Waals surface area contributed by atoms with Crippen molar-refractivity contribution < 1.29 is 0 Å². The van der Waals surface area contributed by atoms with Crippen LogP contribution in [0.5, 0.6) is 0 Å². The van der Waals surface area contributed by atoms with Crippen LogP contribution in [0.1, 0.15) is 0 Å². The lowest BCUT2D eigenvalue weighted by Gasteiger charge is -1.95. The minimum Gasteiger partial charge on any atom is -0.272 e. The summed E-state index contributed by atoms with van der Waals surface area (Å²) in [4.78, 5) is 3.56. The first-order chi connectivity index (χ1) is 5.72. The summed E-state index contributed by atoms with van der Waals surface area (Å²) in [5.74, 6) is 0. The first kappa shape index (κ1) is 10.4. The molecule has 0 N–H and O–H groups in total. The molecule has 0 aliphatic carbocycles. The lowest BCUT2D eigenvalue weighted by Crippen LogP contribution is -1.76. The Morgan fingerprint density at radius 2 is 1.67 bits per heavy atom. The van der Waals surface area contributed by atoms with Crippen molar-refractivity contribution in [1.82, 2.24) is 0 Å². The van der Waals surface area contributed by atoms with Crippen molar-refractivity contribution in [3.8, 4) is 0 Å². The topological polar surface area (TPSA) is 12.4 Å². The van der Waals surface area contributed by atoms with Gasteiger partial charge in [0.05, 0.1) is 0 Å². The fourth-order valence-electron chi connectivity index (χ4n) is 0.541. The summed E-state index contributed by atoms with van der Waals surface area (Å²) in [6.45, 7) is 14.4. The molecule has 0 unspecified atom stereocenters. The van der Waals surface area contributed by atoms with Crippen molar-refractivity contribution in [1.29, 1.82) is 0 Å². The van der Waals surface area contributed by atoms with Gasteiger partial charge in [-0.1, -0.05) is 38.0 Å². The fourth-order valence-corrected chi connectivity index (χ4v) is 0.541. The number of hydrogen-bond acceptors (Lipinski definition) is 1. The van der Waals surface area contributed by atoms with E-state index in [1.54, 1.807) is 18.4 Å². The fraction of sp³-hybridized carbons (Fsp3) is 0. The minimum atomic E-state index is 0.820. The van der Waals surface area contributed by atoms with Crippen LogP contribution < -0.4 is 0 Å². The highest BCUT2D eigenvalue weighted by atomic mass is 14.6. The van der Waals surface area contributed by atoms with Crippen LogP contribution in [0.2, 0.25) is 0 Å². The van der Waals surface area contributed by atoms with Crippen molar-refractivity contribution >= 4 is 6.72 Å². The monoisotopic (exact) mass is 159 g/mol. The Labute approximate surface area is 73.8 Å². The zero-order valence-corrected chi connectivity index (χ0v) is 7.16. The van der Waals surface area contributed by atoms with Gasteiger partial charge < -0.3 is 0 Å². The third-order valence-electron chi connectivity index (χ3n) is 1.23. The van der Waals surface area contributed by atoms with Gasteiger partial charge in [0.25, 0.3) is 0 Å². The largest absolute Gasteiger partial charge is 0.272 e. The summed E-state index contributed by atoms with van der Waals surface area (Å²) in [6, 6.07) is 0. The summed E-state index contributed by atoms with van der Waals surface area (Å²) in [7, 11) is 0. The van der Waals surface area contributed by atoms with Crippen LogP contribution in [0.25, 0.3) is 0 Å². The molecule has 0 aromatic rings. The molecule has 0 bridgehead atoms. The highest BCUT2D eigenvalue weighted by molar-refractivity contribution is 5.43. The molecule has 0 saturated heterocycles. The maximum atomic E-state index is 3.80. The molecule has 0 rings (SSSR count). The highest BCUT2D eigenvalue weighted by Gasteiger charge is 1.88. The van der Waals surface area contributed by atoms with Crippen molar-refractivity contribution in [2.24, 2.45) is 4.99 Å². The maximum Gasteiger partial charge on any atom is 0.0266 e. The van der Waals surface area contributed by atoms with Crippen molar-refractivity contribution in [3.05, 3.63) is 61.4 Å². The van der Waals surface area contributed by atoms with E-state index >= 15 is 0 Å². The van der Waals surface area contributed by atoms with Crippen LogP contribution in [0.3, 0.4) is 0 Å². The zero-order valence-electron chi connectivity index (χ0n) is 7.16. The summed E-state index contributed by atoms with van der Waals surface area (Å²) in [6.07, 6.45) is 8.66. The van der Waals surface area contributed by atoms with Crippen LogP contribution >= 0.6 is 0 Å². The third kappa shape index (κ3) is 4.23. The molecular formula is C11H13N. The van der Waals surface area contributed by atoms with E-state index in [-0.39, 0.29) is 0 Å². The second-order valence-corrected chi connectivity index (χ2v) is 2.14. The van der Waals surface area contributed by atoms with Crippen LogP contribution in [0.15, 0.2) is 66.4 Å². The van der Waals surface area contributed by atoms with E-state index in [2.05, 4.69) is 31.4 Å². The molecule has 0 aromatic heterocycles. The van der Waals surface area contributed by atoms with Crippen LogP contribution in [-0.4, -0.2) is 6.72 Å². The number of rotatable bonds is 5. The number of hydrogen-bond donors (Lipinski definition) is 0. The van der Waals surface area contributed by atoms with Crippen LogP contribution in [-0.2, 0) is 0 Å². The van der Waals surface area contributed by atoms with Gasteiger partial charge in [0, 0.05) is 6.20 Å².